The van der Waals surface area contributed by atoms with Crippen LogP contribution in [-0.2, 0) is 4.79 Å². The zero-order valence-electron chi connectivity index (χ0n) is 24.6. The van der Waals surface area contributed by atoms with Crippen LogP contribution in [0.25, 0.3) is 0 Å². The first-order valence-electron chi connectivity index (χ1n) is 14.2. The number of amides is 2. The maximum atomic E-state index is 14.4. The van der Waals surface area contributed by atoms with Gasteiger partial charge in [0, 0.05) is 43.2 Å². The van der Waals surface area contributed by atoms with Crippen LogP contribution in [0.4, 0.5) is 44.2 Å². The summed E-state index contributed by atoms with van der Waals surface area (Å²) in [4.78, 5) is 30.3. The highest BCUT2D eigenvalue weighted by atomic mass is 35.5. The van der Waals surface area contributed by atoms with E-state index in [4.69, 9.17) is 11.6 Å². The third kappa shape index (κ3) is 7.37. The topological polar surface area (TPSA) is 88.7 Å². The average Bonchev–Trinajstić information content (AvgIpc) is 3.01. The predicted octanol–water partition coefficient (Wildman–Crippen LogP) is 7.40. The van der Waals surface area contributed by atoms with Crippen LogP contribution >= 0.6 is 11.6 Å². The molecule has 0 saturated carbocycles. The summed E-state index contributed by atoms with van der Waals surface area (Å²) in [6.07, 6.45) is 1.12. The number of nitrogens with zero attached hydrogens (tertiary/aromatic N) is 2. The summed E-state index contributed by atoms with van der Waals surface area (Å²) >= 11 is 6.38. The van der Waals surface area contributed by atoms with Gasteiger partial charge in [-0.3, -0.25) is 9.59 Å². The van der Waals surface area contributed by atoms with Crippen molar-refractivity contribution in [3.8, 4) is 0 Å². The molecule has 0 aromatic heterocycles. The largest absolute Gasteiger partial charge is 0.369 e. The summed E-state index contributed by atoms with van der Waals surface area (Å²) < 4.78 is 14.4. The fraction of sp³-hybridized carbons (Fsp3) is 0.176. The number of rotatable bonds is 9. The molecule has 44 heavy (non-hydrogen) atoms. The molecule has 5 rings (SSSR count). The number of anilines is 7. The van der Waals surface area contributed by atoms with E-state index in [0.717, 1.165) is 49.2 Å². The van der Waals surface area contributed by atoms with E-state index in [2.05, 4.69) is 56.8 Å². The van der Waals surface area contributed by atoms with E-state index < -0.39 is 17.6 Å². The maximum absolute atomic E-state index is 14.4. The molecular weight excluding hydrogens is 579 g/mol. The number of benzene rings is 4. The third-order valence-corrected chi connectivity index (χ3v) is 7.76. The van der Waals surface area contributed by atoms with E-state index in [1.165, 1.54) is 18.2 Å². The minimum absolute atomic E-state index is 0.261. The Morgan fingerprint density at radius 3 is 2.27 bits per heavy atom. The number of halogens is 2. The van der Waals surface area contributed by atoms with Gasteiger partial charge < -0.3 is 31.1 Å². The molecule has 4 N–H and O–H groups in total. The molecule has 1 fully saturated rings. The Labute approximate surface area is 261 Å². The lowest BCUT2D eigenvalue weighted by Crippen LogP contribution is -2.44. The second-order valence-electron chi connectivity index (χ2n) is 10.6. The predicted molar refractivity (Wildman–Crippen MR) is 179 cm³/mol. The Balaban J connectivity index is 1.45. The van der Waals surface area contributed by atoms with Crippen LogP contribution in [0.3, 0.4) is 0 Å². The number of nitrogens with one attached hydrogen (secondary N) is 4. The first-order valence-corrected chi connectivity index (χ1v) is 14.6. The van der Waals surface area contributed by atoms with Crippen molar-refractivity contribution in [2.45, 2.75) is 6.92 Å². The van der Waals surface area contributed by atoms with Gasteiger partial charge in [0.25, 0.3) is 5.91 Å². The van der Waals surface area contributed by atoms with Gasteiger partial charge in [0.05, 0.1) is 33.3 Å². The normalized spacial score (nSPS) is 13.2. The lowest BCUT2D eigenvalue weighted by atomic mass is 10.1. The first kappa shape index (κ1) is 30.6. The highest BCUT2D eigenvalue weighted by Crippen LogP contribution is 2.33. The Bertz CT molecular complexity index is 1670. The van der Waals surface area contributed by atoms with Crippen LogP contribution in [0, 0.1) is 12.7 Å². The summed E-state index contributed by atoms with van der Waals surface area (Å²) in [5.74, 6) is -1.39. The zero-order valence-corrected chi connectivity index (χ0v) is 25.3. The van der Waals surface area contributed by atoms with Gasteiger partial charge in [0.2, 0.25) is 5.91 Å². The zero-order chi connectivity index (χ0) is 31.2. The van der Waals surface area contributed by atoms with Gasteiger partial charge in [-0.15, -0.1) is 0 Å². The number of para-hydroxylation sites is 1. The molecule has 8 nitrogen and oxygen atoms in total. The molecule has 4 aromatic carbocycles. The highest BCUT2D eigenvalue weighted by molar-refractivity contribution is 6.34. The summed E-state index contributed by atoms with van der Waals surface area (Å²) in [6.45, 7) is 9.34. The smallest absolute Gasteiger partial charge is 0.257 e. The van der Waals surface area contributed by atoms with E-state index in [0.29, 0.717) is 27.8 Å². The lowest BCUT2D eigenvalue weighted by molar-refractivity contribution is -0.111. The highest BCUT2D eigenvalue weighted by Gasteiger charge is 2.18. The number of piperazine rings is 1. The van der Waals surface area contributed by atoms with Crippen LogP contribution in [0.1, 0.15) is 15.9 Å². The van der Waals surface area contributed by atoms with Crippen molar-refractivity contribution in [1.29, 1.82) is 0 Å². The molecule has 0 bridgehead atoms. The Morgan fingerprint density at radius 1 is 0.841 bits per heavy atom. The van der Waals surface area contributed by atoms with E-state index in [-0.39, 0.29) is 11.3 Å². The van der Waals surface area contributed by atoms with Crippen LogP contribution in [0.15, 0.2) is 91.5 Å². The van der Waals surface area contributed by atoms with Crippen molar-refractivity contribution in [1.82, 2.24) is 4.90 Å². The minimum Gasteiger partial charge on any atom is -0.369 e. The molecule has 0 spiro atoms. The molecule has 10 heteroatoms. The Morgan fingerprint density at radius 2 is 1.57 bits per heavy atom. The van der Waals surface area contributed by atoms with Gasteiger partial charge in [-0.05, 0) is 92.3 Å². The van der Waals surface area contributed by atoms with Crippen molar-refractivity contribution >= 4 is 63.2 Å². The van der Waals surface area contributed by atoms with Gasteiger partial charge in [0.15, 0.2) is 0 Å². The van der Waals surface area contributed by atoms with Crippen molar-refractivity contribution in [3.05, 3.63) is 113 Å². The number of hydrogen-bond donors (Lipinski definition) is 4. The molecule has 1 aliphatic heterocycles. The van der Waals surface area contributed by atoms with E-state index >= 15 is 0 Å². The van der Waals surface area contributed by atoms with E-state index in [9.17, 15) is 14.0 Å². The molecule has 1 aliphatic rings. The van der Waals surface area contributed by atoms with Gasteiger partial charge in [-0.2, -0.15) is 0 Å². The van der Waals surface area contributed by atoms with Crippen molar-refractivity contribution in [2.75, 3.05) is 59.4 Å². The quantitative estimate of drug-likeness (QED) is 0.147. The number of hydrogen-bond acceptors (Lipinski definition) is 6. The fourth-order valence-corrected chi connectivity index (χ4v) is 5.21. The molecule has 0 aliphatic carbocycles. The minimum atomic E-state index is -0.517. The van der Waals surface area contributed by atoms with Crippen LogP contribution in [-0.4, -0.2) is 49.9 Å². The monoisotopic (exact) mass is 612 g/mol. The average molecular weight is 613 g/mol. The summed E-state index contributed by atoms with van der Waals surface area (Å²) in [7, 11) is 2.13. The molecule has 226 valence electrons. The van der Waals surface area contributed by atoms with Gasteiger partial charge in [-0.1, -0.05) is 30.3 Å². The molecular formula is C34H34ClFN6O2. The van der Waals surface area contributed by atoms with Gasteiger partial charge in [0.1, 0.15) is 5.82 Å². The first-order chi connectivity index (χ1) is 21.2. The Hall–Kier alpha value is -4.86. The fourth-order valence-electron chi connectivity index (χ4n) is 4.94. The molecule has 1 heterocycles. The lowest BCUT2D eigenvalue weighted by Gasteiger charge is -2.34. The number of carbonyl (C=O) groups is 2. The van der Waals surface area contributed by atoms with Gasteiger partial charge >= 0.3 is 0 Å². The van der Waals surface area contributed by atoms with Crippen LogP contribution in [0.5, 0.6) is 0 Å². The molecule has 0 atom stereocenters. The van der Waals surface area contributed by atoms with Crippen molar-refractivity contribution in [3.63, 3.8) is 0 Å². The van der Waals surface area contributed by atoms with Crippen LogP contribution < -0.4 is 26.2 Å². The molecule has 1 saturated heterocycles. The third-order valence-electron chi connectivity index (χ3n) is 7.44. The molecule has 4 aromatic rings. The molecule has 2 amide bonds. The summed E-state index contributed by atoms with van der Waals surface area (Å²) in [5.41, 5.74) is 5.26. The summed E-state index contributed by atoms with van der Waals surface area (Å²) in [6, 6.07) is 22.7. The second kappa shape index (κ2) is 13.6. The molecule has 0 radical (unpaired) electrons. The molecule has 0 unspecified atom stereocenters. The summed E-state index contributed by atoms with van der Waals surface area (Å²) in [5, 5.41) is 12.5. The van der Waals surface area contributed by atoms with E-state index in [1.54, 1.807) is 24.3 Å². The Kier molecular flexibility index (Phi) is 9.47. The standard InChI is InChI=1S/C34H34ClFN6O2/c1-4-32(43)39-29-15-8-23(36)20-31(29)38-30-21-25(11-14-27(30)34(44)40-33-22(2)6-5-7-28(33)35)37-24-9-12-26(13-10-24)42-18-16-41(3)17-19-42/h4-15,20-21,37-38H,1,16-19H2,2-3H3,(H,39,43)(H,40,44). The number of aryl methyl sites for hydroxylation is 1. The number of likely N-dealkylation sites (N-methyl/N-ethyl adjacent to an activating group) is 1. The van der Waals surface area contributed by atoms with Crippen LogP contribution in [0.2, 0.25) is 5.02 Å². The number of carbonyl (C=O) groups excluding carboxylic acids is 2. The maximum Gasteiger partial charge on any atom is 0.257 e. The van der Waals surface area contributed by atoms with Crippen molar-refractivity contribution in [2.24, 2.45) is 0 Å². The second-order valence-corrected chi connectivity index (χ2v) is 11.0. The van der Waals surface area contributed by atoms with Crippen molar-refractivity contribution < 1.29 is 14.0 Å². The van der Waals surface area contributed by atoms with E-state index in [1.807, 2.05) is 31.2 Å². The van der Waals surface area contributed by atoms with Gasteiger partial charge in [-0.25, -0.2) is 4.39 Å². The SMILES string of the molecule is C=CC(=O)Nc1ccc(F)cc1Nc1cc(Nc2ccc(N3CCN(C)CC3)cc2)ccc1C(=O)Nc1c(C)cccc1Cl.